The van der Waals surface area contributed by atoms with E-state index < -0.39 is 6.03 Å². The second-order valence-corrected chi connectivity index (χ2v) is 5.39. The first-order valence-corrected chi connectivity index (χ1v) is 7.43. The highest BCUT2D eigenvalue weighted by atomic mass is 16.5. The molecule has 6 nitrogen and oxygen atoms in total. The molecule has 2 heterocycles. The van der Waals surface area contributed by atoms with E-state index in [4.69, 9.17) is 10.5 Å². The summed E-state index contributed by atoms with van der Waals surface area (Å²) in [4.78, 5) is 25.1. The van der Waals surface area contributed by atoms with Crippen molar-refractivity contribution in [3.8, 4) is 0 Å². The van der Waals surface area contributed by atoms with Crippen LogP contribution in [0.25, 0.3) is 0 Å². The average Bonchev–Trinajstić information content (AvgIpc) is 2.86. The molecule has 3 N–H and O–H groups in total. The van der Waals surface area contributed by atoms with E-state index in [1.807, 2.05) is 18.2 Å². The van der Waals surface area contributed by atoms with Crippen molar-refractivity contribution in [1.29, 1.82) is 0 Å². The Bertz CT molecular complexity index is 654. The maximum Gasteiger partial charge on any atom is 0.319 e. The number of benzene rings is 1. The largest absolute Gasteiger partial charge is 0.466 e. The van der Waals surface area contributed by atoms with Crippen LogP contribution in [0.2, 0.25) is 0 Å². The lowest BCUT2D eigenvalue weighted by molar-refractivity contribution is -0.142. The predicted octanol–water partition coefficient (Wildman–Crippen LogP) is 2.14. The zero-order chi connectivity index (χ0) is 15.7. The Kier molecular flexibility index (Phi) is 3.75. The second kappa shape index (κ2) is 5.71. The van der Waals surface area contributed by atoms with Gasteiger partial charge in [0.1, 0.15) is 0 Å². The van der Waals surface area contributed by atoms with E-state index in [9.17, 15) is 9.59 Å². The van der Waals surface area contributed by atoms with Crippen molar-refractivity contribution in [3.05, 3.63) is 41.2 Å². The fraction of sp³-hybridized carbons (Fsp3) is 0.375. The van der Waals surface area contributed by atoms with Gasteiger partial charge in [-0.25, -0.2) is 4.79 Å². The summed E-state index contributed by atoms with van der Waals surface area (Å²) in [5, 5.41) is 3.34. The number of carbonyl (C=O) groups is 2. The first kappa shape index (κ1) is 14.4. The number of carbonyl (C=O) groups excluding carboxylic acids is 2. The molecule has 0 aliphatic carbocycles. The van der Waals surface area contributed by atoms with Gasteiger partial charge >= 0.3 is 12.0 Å². The van der Waals surface area contributed by atoms with E-state index in [-0.39, 0.29) is 18.3 Å². The minimum atomic E-state index is -0.539. The number of nitrogens with one attached hydrogen (secondary N) is 1. The molecule has 2 aliphatic rings. The fourth-order valence-electron chi connectivity index (χ4n) is 3.20. The van der Waals surface area contributed by atoms with Crippen molar-refractivity contribution < 1.29 is 14.3 Å². The van der Waals surface area contributed by atoms with Crippen LogP contribution >= 0.6 is 0 Å². The summed E-state index contributed by atoms with van der Waals surface area (Å²) in [5.41, 5.74) is 9.20. The van der Waals surface area contributed by atoms with Crippen LogP contribution in [0.15, 0.2) is 35.7 Å². The normalized spacial score (nSPS) is 19.3. The summed E-state index contributed by atoms with van der Waals surface area (Å²) in [6.45, 7) is 2.58. The van der Waals surface area contributed by atoms with Gasteiger partial charge in [-0.05, 0) is 25.0 Å². The third kappa shape index (κ3) is 2.41. The Hall–Kier alpha value is -2.50. The maximum atomic E-state index is 11.9. The number of esters is 1. The number of nitrogens with two attached hydrogens (primary N) is 1. The van der Waals surface area contributed by atoms with Crippen LogP contribution < -0.4 is 11.1 Å². The number of ether oxygens (including phenoxy) is 1. The third-order valence-corrected chi connectivity index (χ3v) is 4.12. The second-order valence-electron chi connectivity index (χ2n) is 5.39. The van der Waals surface area contributed by atoms with Gasteiger partial charge in [0.2, 0.25) is 0 Å². The quantitative estimate of drug-likeness (QED) is 0.838. The minimum absolute atomic E-state index is 0.0452. The van der Waals surface area contributed by atoms with E-state index in [1.54, 1.807) is 6.92 Å². The van der Waals surface area contributed by atoms with E-state index in [1.165, 1.54) is 10.5 Å². The highest BCUT2D eigenvalue weighted by Gasteiger charge is 2.37. The summed E-state index contributed by atoms with van der Waals surface area (Å²) in [6, 6.07) is 7.48. The first-order valence-electron chi connectivity index (χ1n) is 7.43. The Labute approximate surface area is 128 Å². The number of para-hydroxylation sites is 1. The highest BCUT2D eigenvalue weighted by molar-refractivity contribution is 5.80. The van der Waals surface area contributed by atoms with E-state index in [2.05, 4.69) is 11.4 Å². The van der Waals surface area contributed by atoms with Crippen LogP contribution in [0.1, 0.15) is 31.2 Å². The number of primary amides is 1. The zero-order valence-corrected chi connectivity index (χ0v) is 12.5. The SMILES string of the molecule is CCOC(=O)CC1=C2Nc3ccccc3C2CCN1C(N)=O. The molecule has 0 radical (unpaired) electrons. The molecule has 1 unspecified atom stereocenters. The topological polar surface area (TPSA) is 84.7 Å². The van der Waals surface area contributed by atoms with Crippen molar-refractivity contribution >= 4 is 17.7 Å². The van der Waals surface area contributed by atoms with Crippen molar-refractivity contribution in [2.45, 2.75) is 25.7 Å². The van der Waals surface area contributed by atoms with Gasteiger partial charge in [0.25, 0.3) is 0 Å². The number of rotatable bonds is 3. The Balaban J connectivity index is 1.99. The molecule has 116 valence electrons. The Morgan fingerprint density at radius 1 is 1.41 bits per heavy atom. The van der Waals surface area contributed by atoms with Crippen LogP contribution in [-0.2, 0) is 9.53 Å². The molecule has 1 aromatic carbocycles. The highest BCUT2D eigenvalue weighted by Crippen LogP contribution is 2.45. The molecule has 0 aromatic heterocycles. The van der Waals surface area contributed by atoms with Crippen LogP contribution in [0.3, 0.4) is 0 Å². The van der Waals surface area contributed by atoms with Gasteiger partial charge in [-0.15, -0.1) is 0 Å². The predicted molar refractivity (Wildman–Crippen MR) is 82.0 cm³/mol. The molecule has 0 saturated carbocycles. The standard InChI is InChI=1S/C16H19N3O3/c1-2-22-14(20)9-13-15-11(7-8-19(13)16(17)21)10-5-3-4-6-12(10)18-15/h3-6,11,18H,2,7-9H2,1H3,(H2,17,21). The van der Waals surface area contributed by atoms with Gasteiger partial charge < -0.3 is 15.8 Å². The Morgan fingerprint density at radius 3 is 2.91 bits per heavy atom. The van der Waals surface area contributed by atoms with Crippen LogP contribution in [0.5, 0.6) is 0 Å². The number of hydrogen-bond donors (Lipinski definition) is 2. The van der Waals surface area contributed by atoms with Crippen LogP contribution in [-0.4, -0.2) is 30.1 Å². The molecule has 22 heavy (non-hydrogen) atoms. The van der Waals surface area contributed by atoms with Gasteiger partial charge in [-0.1, -0.05) is 18.2 Å². The molecule has 2 amide bonds. The summed E-state index contributed by atoms with van der Waals surface area (Å²) < 4.78 is 5.02. The fourth-order valence-corrected chi connectivity index (χ4v) is 3.20. The van der Waals surface area contributed by atoms with Gasteiger partial charge in [0.15, 0.2) is 0 Å². The van der Waals surface area contributed by atoms with Crippen molar-refractivity contribution in [2.75, 3.05) is 18.5 Å². The molecular weight excluding hydrogens is 282 g/mol. The lowest BCUT2D eigenvalue weighted by atomic mass is 9.90. The summed E-state index contributed by atoms with van der Waals surface area (Å²) in [6.07, 6.45) is 0.832. The average molecular weight is 301 g/mol. The zero-order valence-electron chi connectivity index (χ0n) is 12.5. The Morgan fingerprint density at radius 2 is 2.18 bits per heavy atom. The molecule has 0 bridgehead atoms. The summed E-state index contributed by atoms with van der Waals surface area (Å²) in [7, 11) is 0. The van der Waals surface area contributed by atoms with Crippen molar-refractivity contribution in [1.82, 2.24) is 4.90 Å². The van der Waals surface area contributed by atoms with Gasteiger partial charge in [0, 0.05) is 23.8 Å². The summed E-state index contributed by atoms with van der Waals surface area (Å²) >= 11 is 0. The third-order valence-electron chi connectivity index (χ3n) is 4.12. The number of anilines is 1. The molecule has 6 heteroatoms. The van der Waals surface area contributed by atoms with Crippen molar-refractivity contribution in [3.63, 3.8) is 0 Å². The monoisotopic (exact) mass is 301 g/mol. The number of nitrogens with zero attached hydrogens (tertiary/aromatic N) is 1. The molecule has 1 aromatic rings. The molecule has 0 spiro atoms. The molecule has 3 rings (SSSR count). The smallest absolute Gasteiger partial charge is 0.319 e. The van der Waals surface area contributed by atoms with Crippen LogP contribution in [0, 0.1) is 0 Å². The molecule has 0 fully saturated rings. The number of hydrogen-bond acceptors (Lipinski definition) is 4. The van der Waals surface area contributed by atoms with Gasteiger partial charge in [-0.2, -0.15) is 0 Å². The minimum Gasteiger partial charge on any atom is -0.466 e. The summed E-state index contributed by atoms with van der Waals surface area (Å²) in [5.74, 6) is -0.175. The molecule has 1 atom stereocenters. The lowest BCUT2D eigenvalue weighted by Crippen LogP contribution is -2.41. The molecular formula is C16H19N3O3. The number of allylic oxidation sites excluding steroid dienone is 1. The maximum absolute atomic E-state index is 11.9. The van der Waals surface area contributed by atoms with E-state index >= 15 is 0 Å². The number of amides is 2. The molecule has 0 saturated heterocycles. The van der Waals surface area contributed by atoms with Gasteiger partial charge in [0.05, 0.1) is 18.7 Å². The lowest BCUT2D eigenvalue weighted by Gasteiger charge is -2.32. The number of urea groups is 1. The van der Waals surface area contributed by atoms with Crippen LogP contribution in [0.4, 0.5) is 10.5 Å². The number of fused-ring (bicyclic) bond motifs is 3. The van der Waals surface area contributed by atoms with E-state index in [0.717, 1.165) is 17.8 Å². The molecule has 2 aliphatic heterocycles. The van der Waals surface area contributed by atoms with Gasteiger partial charge in [-0.3, -0.25) is 9.69 Å². The van der Waals surface area contributed by atoms with Crippen molar-refractivity contribution in [2.24, 2.45) is 5.73 Å². The van der Waals surface area contributed by atoms with E-state index in [0.29, 0.717) is 18.8 Å². The first-order chi connectivity index (χ1) is 10.6.